The van der Waals surface area contributed by atoms with Crippen LogP contribution in [0.4, 0.5) is 14.5 Å². The third kappa shape index (κ3) is 3.45. The second-order valence-corrected chi connectivity index (χ2v) is 6.02. The third-order valence-corrected chi connectivity index (χ3v) is 4.41. The number of hydrogen-bond donors (Lipinski definition) is 0. The molecule has 0 atom stereocenters. The summed E-state index contributed by atoms with van der Waals surface area (Å²) in [5.74, 6) is -1.05. The van der Waals surface area contributed by atoms with Crippen LogP contribution >= 0.6 is 0 Å². The Hall–Kier alpha value is -2.94. The second kappa shape index (κ2) is 6.89. The average Bonchev–Trinajstić information content (AvgIpc) is 2.63. The zero-order valence-corrected chi connectivity index (χ0v) is 13.8. The van der Waals surface area contributed by atoms with Crippen molar-refractivity contribution >= 4 is 11.6 Å². The number of carbonyl (C=O) groups excluding carboxylic acids is 1. The molecule has 1 aliphatic heterocycles. The molecule has 25 heavy (non-hydrogen) atoms. The molecular weight excluding hydrogens is 324 g/mol. The van der Waals surface area contributed by atoms with Crippen LogP contribution in [0, 0.1) is 29.9 Å². The van der Waals surface area contributed by atoms with Gasteiger partial charge in [-0.15, -0.1) is 0 Å². The van der Waals surface area contributed by atoms with Crippen molar-refractivity contribution < 1.29 is 13.6 Å². The van der Waals surface area contributed by atoms with E-state index in [0.717, 1.165) is 0 Å². The van der Waals surface area contributed by atoms with Gasteiger partial charge in [-0.05, 0) is 42.8 Å². The molecule has 1 aliphatic rings. The van der Waals surface area contributed by atoms with Crippen LogP contribution in [0.1, 0.15) is 21.5 Å². The lowest BCUT2D eigenvalue weighted by Gasteiger charge is -2.36. The largest absolute Gasteiger partial charge is 0.367 e. The van der Waals surface area contributed by atoms with E-state index in [9.17, 15) is 13.6 Å². The Balaban J connectivity index is 1.70. The normalized spacial score (nSPS) is 14.3. The smallest absolute Gasteiger partial charge is 0.254 e. The molecule has 0 radical (unpaired) electrons. The van der Waals surface area contributed by atoms with Crippen molar-refractivity contribution in [3.8, 4) is 6.07 Å². The number of nitriles is 1. The summed E-state index contributed by atoms with van der Waals surface area (Å²) in [5.41, 5.74) is 1.77. The van der Waals surface area contributed by atoms with Crippen LogP contribution in [0.15, 0.2) is 36.4 Å². The van der Waals surface area contributed by atoms with Gasteiger partial charge in [0.15, 0.2) is 0 Å². The van der Waals surface area contributed by atoms with Crippen LogP contribution in [0.25, 0.3) is 0 Å². The number of benzene rings is 2. The average molecular weight is 341 g/mol. The van der Waals surface area contributed by atoms with Gasteiger partial charge in [-0.25, -0.2) is 8.78 Å². The number of carbonyl (C=O) groups is 1. The molecule has 2 aromatic rings. The summed E-state index contributed by atoms with van der Waals surface area (Å²) in [6, 6.07) is 10.6. The zero-order chi connectivity index (χ0) is 18.0. The van der Waals surface area contributed by atoms with E-state index < -0.39 is 11.6 Å². The molecule has 0 aromatic heterocycles. The summed E-state index contributed by atoms with van der Waals surface area (Å²) in [6.07, 6.45) is 0. The third-order valence-electron chi connectivity index (χ3n) is 4.41. The Morgan fingerprint density at radius 1 is 1.08 bits per heavy atom. The maximum Gasteiger partial charge on any atom is 0.254 e. The molecule has 0 saturated carbocycles. The summed E-state index contributed by atoms with van der Waals surface area (Å²) < 4.78 is 26.9. The maximum absolute atomic E-state index is 13.7. The van der Waals surface area contributed by atoms with E-state index in [4.69, 9.17) is 5.26 Å². The molecule has 1 amide bonds. The van der Waals surface area contributed by atoms with E-state index >= 15 is 0 Å². The topological polar surface area (TPSA) is 47.3 Å². The Morgan fingerprint density at radius 3 is 2.44 bits per heavy atom. The monoisotopic (exact) mass is 341 g/mol. The summed E-state index contributed by atoms with van der Waals surface area (Å²) in [4.78, 5) is 16.1. The van der Waals surface area contributed by atoms with E-state index in [-0.39, 0.29) is 11.5 Å². The molecule has 6 heteroatoms. The number of aryl methyl sites for hydroxylation is 1. The predicted octanol–water partition coefficient (Wildman–Crippen LogP) is 3.11. The summed E-state index contributed by atoms with van der Waals surface area (Å²) in [6.45, 7) is 3.62. The first kappa shape index (κ1) is 16.9. The number of anilines is 1. The van der Waals surface area contributed by atoms with Crippen LogP contribution in [0.2, 0.25) is 0 Å². The predicted molar refractivity (Wildman–Crippen MR) is 90.4 cm³/mol. The fraction of sp³-hybridized carbons (Fsp3) is 0.263. The van der Waals surface area contributed by atoms with Crippen molar-refractivity contribution in [3.05, 3.63) is 64.7 Å². The van der Waals surface area contributed by atoms with Gasteiger partial charge in [-0.2, -0.15) is 5.26 Å². The number of halogens is 2. The van der Waals surface area contributed by atoms with Gasteiger partial charge in [0, 0.05) is 31.7 Å². The fourth-order valence-electron chi connectivity index (χ4n) is 2.93. The highest BCUT2D eigenvalue weighted by molar-refractivity contribution is 5.94. The van der Waals surface area contributed by atoms with Crippen LogP contribution in [-0.4, -0.2) is 37.0 Å². The lowest BCUT2D eigenvalue weighted by Crippen LogP contribution is -2.49. The van der Waals surface area contributed by atoms with Gasteiger partial charge in [0.1, 0.15) is 17.7 Å². The highest BCUT2D eigenvalue weighted by Gasteiger charge is 2.24. The van der Waals surface area contributed by atoms with Gasteiger partial charge in [-0.3, -0.25) is 4.79 Å². The second-order valence-electron chi connectivity index (χ2n) is 6.02. The van der Waals surface area contributed by atoms with Gasteiger partial charge in [0.05, 0.1) is 11.3 Å². The van der Waals surface area contributed by atoms with E-state index in [2.05, 4.69) is 0 Å². The first-order valence-electron chi connectivity index (χ1n) is 7.99. The molecular formula is C19H17F2N3O. The number of nitrogens with zero attached hydrogens (tertiary/aromatic N) is 3. The van der Waals surface area contributed by atoms with Gasteiger partial charge in [0.25, 0.3) is 5.91 Å². The van der Waals surface area contributed by atoms with Crippen molar-refractivity contribution in [1.82, 2.24) is 4.90 Å². The molecule has 3 rings (SSSR count). The Kier molecular flexibility index (Phi) is 4.66. The fourth-order valence-corrected chi connectivity index (χ4v) is 2.93. The lowest BCUT2D eigenvalue weighted by molar-refractivity contribution is 0.0746. The summed E-state index contributed by atoms with van der Waals surface area (Å²) in [7, 11) is 0. The van der Waals surface area contributed by atoms with Gasteiger partial charge in [0.2, 0.25) is 0 Å². The first-order valence-corrected chi connectivity index (χ1v) is 7.99. The minimum Gasteiger partial charge on any atom is -0.367 e. The van der Waals surface area contributed by atoms with Crippen LogP contribution < -0.4 is 4.90 Å². The van der Waals surface area contributed by atoms with Gasteiger partial charge < -0.3 is 9.80 Å². The molecule has 2 aromatic carbocycles. The quantitative estimate of drug-likeness (QED) is 0.843. The molecule has 0 unspecified atom stereocenters. The maximum atomic E-state index is 13.7. The van der Waals surface area contributed by atoms with E-state index in [1.54, 1.807) is 30.0 Å². The van der Waals surface area contributed by atoms with E-state index in [0.29, 0.717) is 43.0 Å². The van der Waals surface area contributed by atoms with Crippen LogP contribution in [0.3, 0.4) is 0 Å². The number of amides is 1. The SMILES string of the molecule is Cc1ccc(C(=O)N2CCN(c3ccc(F)cc3C#N)CC2)cc1F. The van der Waals surface area contributed by atoms with Gasteiger partial charge >= 0.3 is 0 Å². The summed E-state index contributed by atoms with van der Waals surface area (Å²) >= 11 is 0. The molecule has 4 nitrogen and oxygen atoms in total. The molecule has 128 valence electrons. The molecule has 0 spiro atoms. The van der Waals surface area contributed by atoms with E-state index in [1.165, 1.54) is 18.2 Å². The number of hydrogen-bond acceptors (Lipinski definition) is 3. The first-order chi connectivity index (χ1) is 12.0. The van der Waals surface area contributed by atoms with Crippen molar-refractivity contribution in [2.24, 2.45) is 0 Å². The Labute approximate surface area is 144 Å². The molecule has 1 saturated heterocycles. The minimum atomic E-state index is -0.449. The van der Waals surface area contributed by atoms with Crippen LogP contribution in [-0.2, 0) is 0 Å². The molecule has 0 N–H and O–H groups in total. The summed E-state index contributed by atoms with van der Waals surface area (Å²) in [5, 5.41) is 9.17. The number of piperazine rings is 1. The zero-order valence-electron chi connectivity index (χ0n) is 13.8. The molecule has 0 bridgehead atoms. The van der Waals surface area contributed by atoms with Crippen molar-refractivity contribution in [1.29, 1.82) is 5.26 Å². The van der Waals surface area contributed by atoms with Gasteiger partial charge in [-0.1, -0.05) is 6.07 Å². The molecule has 1 fully saturated rings. The standard InChI is InChI=1S/C19H17F2N3O/c1-13-2-3-14(11-17(13)21)19(25)24-8-6-23(7-9-24)18-5-4-16(20)10-15(18)12-22/h2-5,10-11H,6-9H2,1H3. The van der Waals surface area contributed by atoms with Crippen molar-refractivity contribution in [2.45, 2.75) is 6.92 Å². The number of rotatable bonds is 2. The Morgan fingerprint density at radius 2 is 1.80 bits per heavy atom. The van der Waals surface area contributed by atoms with E-state index in [1.807, 2.05) is 11.0 Å². The highest BCUT2D eigenvalue weighted by atomic mass is 19.1. The minimum absolute atomic E-state index is 0.210. The lowest BCUT2D eigenvalue weighted by atomic mass is 10.1. The molecule has 1 heterocycles. The Bertz CT molecular complexity index is 852. The molecule has 0 aliphatic carbocycles. The van der Waals surface area contributed by atoms with Crippen molar-refractivity contribution in [2.75, 3.05) is 31.1 Å². The van der Waals surface area contributed by atoms with Crippen LogP contribution in [0.5, 0.6) is 0 Å². The van der Waals surface area contributed by atoms with Crippen molar-refractivity contribution in [3.63, 3.8) is 0 Å². The highest BCUT2D eigenvalue weighted by Crippen LogP contribution is 2.23.